The van der Waals surface area contributed by atoms with Crippen molar-refractivity contribution in [3.05, 3.63) is 45.8 Å². The van der Waals surface area contributed by atoms with Crippen molar-refractivity contribution in [2.75, 3.05) is 17.7 Å². The van der Waals surface area contributed by atoms with Gasteiger partial charge < -0.3 is 15.4 Å². The van der Waals surface area contributed by atoms with Crippen LogP contribution >= 0.6 is 11.3 Å². The number of esters is 1. The largest absolute Gasteiger partial charge is 0.465 e. The number of para-hydroxylation sites is 1. The van der Waals surface area contributed by atoms with Crippen LogP contribution in [0, 0.1) is 11.3 Å². The summed E-state index contributed by atoms with van der Waals surface area (Å²) in [6.07, 6.45) is 2.67. The average molecular weight is 429 g/mol. The van der Waals surface area contributed by atoms with Crippen molar-refractivity contribution >= 4 is 39.8 Å². The van der Waals surface area contributed by atoms with Crippen LogP contribution < -0.4 is 10.6 Å². The highest BCUT2D eigenvalue weighted by Gasteiger charge is 2.34. The second-order valence-electron chi connectivity index (χ2n) is 8.69. The lowest BCUT2D eigenvalue weighted by atomic mass is 9.72. The van der Waals surface area contributed by atoms with Crippen LogP contribution in [0.3, 0.4) is 0 Å². The second-order valence-corrected chi connectivity index (χ2v) is 9.79. The van der Waals surface area contributed by atoms with Gasteiger partial charge in [0.15, 0.2) is 0 Å². The zero-order valence-corrected chi connectivity index (χ0v) is 18.9. The van der Waals surface area contributed by atoms with E-state index in [1.807, 2.05) is 0 Å². The van der Waals surface area contributed by atoms with Gasteiger partial charge in [0.1, 0.15) is 5.00 Å². The molecule has 1 unspecified atom stereocenters. The summed E-state index contributed by atoms with van der Waals surface area (Å²) in [6.45, 7) is 8.15. The van der Waals surface area contributed by atoms with E-state index in [0.29, 0.717) is 22.2 Å². The molecule has 1 aromatic heterocycles. The number of ether oxygens (including phenoxy) is 1. The molecule has 1 heterocycles. The van der Waals surface area contributed by atoms with Crippen molar-refractivity contribution in [2.24, 2.45) is 11.3 Å². The highest BCUT2D eigenvalue weighted by molar-refractivity contribution is 7.17. The molecule has 0 fully saturated rings. The molecule has 3 rings (SSSR count). The number of amides is 2. The predicted molar refractivity (Wildman–Crippen MR) is 119 cm³/mol. The normalized spacial score (nSPS) is 15.8. The molecule has 0 saturated heterocycles. The Bertz CT molecular complexity index is 988. The number of benzene rings is 1. The zero-order chi connectivity index (χ0) is 22.1. The van der Waals surface area contributed by atoms with Crippen molar-refractivity contribution in [1.82, 2.24) is 0 Å². The molecular weight excluding hydrogens is 400 g/mol. The van der Waals surface area contributed by atoms with Gasteiger partial charge in [-0.05, 0) is 48.3 Å². The van der Waals surface area contributed by atoms with Gasteiger partial charge in [-0.25, -0.2) is 4.79 Å². The maximum Gasteiger partial charge on any atom is 0.339 e. The van der Waals surface area contributed by atoms with Crippen molar-refractivity contribution in [1.29, 1.82) is 0 Å². The molecule has 1 aliphatic carbocycles. The van der Waals surface area contributed by atoms with E-state index in [2.05, 4.69) is 31.4 Å². The number of anilines is 2. The average Bonchev–Trinajstić information content (AvgIpc) is 3.03. The molecule has 30 heavy (non-hydrogen) atoms. The first-order valence-electron chi connectivity index (χ1n) is 10.0. The van der Waals surface area contributed by atoms with Crippen LogP contribution in [0.1, 0.15) is 65.3 Å². The summed E-state index contributed by atoms with van der Waals surface area (Å²) in [5.74, 6) is -0.551. The number of carbonyl (C=O) groups excluding carboxylic acids is 3. The third kappa shape index (κ3) is 4.56. The summed E-state index contributed by atoms with van der Waals surface area (Å²) < 4.78 is 4.81. The summed E-state index contributed by atoms with van der Waals surface area (Å²) in [5, 5.41) is 6.24. The molecule has 6 nitrogen and oxygen atoms in total. The first kappa shape index (κ1) is 22.0. The van der Waals surface area contributed by atoms with Gasteiger partial charge in [-0.15, -0.1) is 11.3 Å². The zero-order valence-electron chi connectivity index (χ0n) is 18.0. The van der Waals surface area contributed by atoms with Crippen LogP contribution in [0.5, 0.6) is 0 Å². The van der Waals surface area contributed by atoms with E-state index in [1.54, 1.807) is 24.3 Å². The third-order valence-corrected chi connectivity index (χ3v) is 6.76. The highest BCUT2D eigenvalue weighted by atomic mass is 32.1. The number of carbonyl (C=O) groups is 3. The van der Waals surface area contributed by atoms with E-state index in [-0.39, 0.29) is 22.8 Å². The van der Waals surface area contributed by atoms with Gasteiger partial charge in [0, 0.05) is 11.8 Å². The fourth-order valence-electron chi connectivity index (χ4n) is 3.88. The number of rotatable bonds is 4. The molecular formula is C23H28N2O4S. The van der Waals surface area contributed by atoms with E-state index in [9.17, 15) is 14.4 Å². The molecule has 2 amide bonds. The maximum absolute atomic E-state index is 13.3. The molecule has 160 valence electrons. The smallest absolute Gasteiger partial charge is 0.339 e. The first-order valence-corrected chi connectivity index (χ1v) is 10.8. The molecule has 1 aliphatic rings. The van der Waals surface area contributed by atoms with Gasteiger partial charge in [-0.1, -0.05) is 32.9 Å². The Kier molecular flexibility index (Phi) is 6.31. The Hall–Kier alpha value is -2.67. The summed E-state index contributed by atoms with van der Waals surface area (Å²) >= 11 is 1.48. The van der Waals surface area contributed by atoms with Gasteiger partial charge in [0.05, 0.1) is 23.9 Å². The van der Waals surface area contributed by atoms with Gasteiger partial charge in [-0.3, -0.25) is 9.59 Å². The van der Waals surface area contributed by atoms with Gasteiger partial charge in [-0.2, -0.15) is 0 Å². The minimum Gasteiger partial charge on any atom is -0.465 e. The van der Waals surface area contributed by atoms with Crippen LogP contribution in [0.4, 0.5) is 10.7 Å². The summed E-state index contributed by atoms with van der Waals surface area (Å²) in [5.41, 5.74) is 2.34. The topological polar surface area (TPSA) is 84.5 Å². The Morgan fingerprint density at radius 3 is 2.47 bits per heavy atom. The van der Waals surface area contributed by atoms with Gasteiger partial charge >= 0.3 is 5.97 Å². The molecule has 1 aromatic carbocycles. The number of methoxy groups -OCH3 is 1. The SMILES string of the molecule is COC(=O)c1ccccc1NC(=O)c1c(NC(C)=O)sc2c1CCC(C(C)(C)C)C2. The number of thiophene rings is 1. The Morgan fingerprint density at radius 1 is 1.13 bits per heavy atom. The lowest BCUT2D eigenvalue weighted by Gasteiger charge is -2.33. The molecule has 0 spiro atoms. The monoisotopic (exact) mass is 428 g/mol. The van der Waals surface area contributed by atoms with Gasteiger partial charge in [0.2, 0.25) is 5.91 Å². The standard InChI is InChI=1S/C23H28N2O4S/c1-13(26)24-21-19(16-11-10-14(23(2,3)4)12-18(16)30-21)20(27)25-17-9-7-6-8-15(17)22(28)29-5/h6-9,14H,10-12H2,1-5H3,(H,24,26)(H,25,27). The van der Waals surface area contributed by atoms with Crippen LogP contribution in [0.25, 0.3) is 0 Å². The fourth-order valence-corrected chi connectivity index (χ4v) is 5.25. The lowest BCUT2D eigenvalue weighted by Crippen LogP contribution is -2.27. The fraction of sp³-hybridized carbons (Fsp3) is 0.435. The van der Waals surface area contributed by atoms with Crippen molar-refractivity contribution in [3.8, 4) is 0 Å². The van der Waals surface area contributed by atoms with Crippen LogP contribution in [0.2, 0.25) is 0 Å². The van der Waals surface area contributed by atoms with Gasteiger partial charge in [0.25, 0.3) is 5.91 Å². The minimum absolute atomic E-state index is 0.178. The summed E-state index contributed by atoms with van der Waals surface area (Å²) in [7, 11) is 1.30. The van der Waals surface area contributed by atoms with E-state index in [0.717, 1.165) is 29.7 Å². The lowest BCUT2D eigenvalue weighted by molar-refractivity contribution is -0.114. The minimum atomic E-state index is -0.520. The Balaban J connectivity index is 1.97. The number of hydrogen-bond acceptors (Lipinski definition) is 5. The summed E-state index contributed by atoms with van der Waals surface area (Å²) in [4.78, 5) is 38.2. The molecule has 0 saturated carbocycles. The molecule has 2 N–H and O–H groups in total. The molecule has 0 bridgehead atoms. The second kappa shape index (κ2) is 8.60. The Morgan fingerprint density at radius 2 is 1.83 bits per heavy atom. The quantitative estimate of drug-likeness (QED) is 0.679. The van der Waals surface area contributed by atoms with Crippen LogP contribution in [0.15, 0.2) is 24.3 Å². The van der Waals surface area contributed by atoms with Crippen molar-refractivity contribution < 1.29 is 19.1 Å². The molecule has 7 heteroatoms. The number of hydrogen-bond donors (Lipinski definition) is 2. The molecule has 0 aliphatic heterocycles. The van der Waals surface area contributed by atoms with E-state index < -0.39 is 5.97 Å². The van der Waals surface area contributed by atoms with E-state index in [1.165, 1.54) is 25.4 Å². The molecule has 0 radical (unpaired) electrons. The van der Waals surface area contributed by atoms with Crippen molar-refractivity contribution in [2.45, 2.75) is 47.0 Å². The predicted octanol–water partition coefficient (Wildman–Crippen LogP) is 4.90. The third-order valence-electron chi connectivity index (χ3n) is 5.59. The van der Waals surface area contributed by atoms with Crippen LogP contribution in [-0.4, -0.2) is 24.9 Å². The van der Waals surface area contributed by atoms with E-state index in [4.69, 9.17) is 4.74 Å². The molecule has 2 aromatic rings. The maximum atomic E-state index is 13.3. The highest BCUT2D eigenvalue weighted by Crippen LogP contribution is 2.44. The molecule has 1 atom stereocenters. The number of nitrogens with one attached hydrogen (secondary N) is 2. The van der Waals surface area contributed by atoms with E-state index >= 15 is 0 Å². The van der Waals surface area contributed by atoms with Crippen LogP contribution in [-0.2, 0) is 22.4 Å². The first-order chi connectivity index (χ1) is 14.1. The number of fused-ring (bicyclic) bond motifs is 1. The Labute approximate surface area is 181 Å². The summed E-state index contributed by atoms with van der Waals surface area (Å²) in [6, 6.07) is 6.72. The van der Waals surface area contributed by atoms with Crippen molar-refractivity contribution in [3.63, 3.8) is 0 Å².